The standard InChI is InChI=1S/C26H32N4O5/c1-18-13-19(2)16-28(15-18)24(32)17-30-22-9-4-3-8-21(22)25(33)29(26(30)34)11-5-10-23(31)27-14-20-7-6-12-35-20/h3-4,6-9,12,18-19H,5,10-11,13-17H2,1-2H3,(H,27,31)/t18-,19+. The average molecular weight is 481 g/mol. The van der Waals surface area contributed by atoms with Crippen molar-refractivity contribution in [3.8, 4) is 0 Å². The SMILES string of the molecule is C[C@@H]1C[C@H](C)CN(C(=O)Cn2c(=O)n(CCCC(=O)NCc3ccco3)c(=O)c3ccccc32)C1. The Morgan fingerprint density at radius 2 is 1.77 bits per heavy atom. The van der Waals surface area contributed by atoms with Crippen molar-refractivity contribution in [3.05, 3.63) is 69.3 Å². The number of carbonyl (C=O) groups is 2. The van der Waals surface area contributed by atoms with E-state index in [0.717, 1.165) is 11.0 Å². The highest BCUT2D eigenvalue weighted by atomic mass is 16.3. The van der Waals surface area contributed by atoms with E-state index in [1.165, 1.54) is 10.8 Å². The quantitative estimate of drug-likeness (QED) is 0.533. The molecular weight excluding hydrogens is 448 g/mol. The Bertz CT molecular complexity index is 1300. The van der Waals surface area contributed by atoms with Crippen LogP contribution in [0.4, 0.5) is 0 Å². The van der Waals surface area contributed by atoms with Gasteiger partial charge in [-0.25, -0.2) is 4.79 Å². The maximum Gasteiger partial charge on any atom is 0.331 e. The first kappa shape index (κ1) is 24.5. The molecular formula is C26H32N4O5. The predicted octanol–water partition coefficient (Wildman–Crippen LogP) is 2.36. The zero-order chi connectivity index (χ0) is 24.9. The summed E-state index contributed by atoms with van der Waals surface area (Å²) in [5, 5.41) is 3.13. The topological polar surface area (TPSA) is 107 Å². The predicted molar refractivity (Wildman–Crippen MR) is 132 cm³/mol. The highest BCUT2D eigenvalue weighted by Crippen LogP contribution is 2.21. The fraction of sp³-hybridized carbons (Fsp3) is 0.462. The number of furan rings is 1. The fourth-order valence-electron chi connectivity index (χ4n) is 4.91. The molecule has 1 fully saturated rings. The number of nitrogens with zero attached hydrogens (tertiary/aromatic N) is 3. The van der Waals surface area contributed by atoms with E-state index in [1.807, 2.05) is 4.90 Å². The molecule has 0 saturated carbocycles. The minimum Gasteiger partial charge on any atom is -0.467 e. The Morgan fingerprint density at radius 3 is 2.49 bits per heavy atom. The number of hydrogen-bond acceptors (Lipinski definition) is 5. The van der Waals surface area contributed by atoms with Gasteiger partial charge in [-0.05, 0) is 48.9 Å². The summed E-state index contributed by atoms with van der Waals surface area (Å²) in [6.45, 7) is 5.84. The Balaban J connectivity index is 1.51. The molecule has 0 unspecified atom stereocenters. The molecule has 2 amide bonds. The monoisotopic (exact) mass is 480 g/mol. The van der Waals surface area contributed by atoms with Crippen LogP contribution in [0, 0.1) is 11.8 Å². The van der Waals surface area contributed by atoms with E-state index in [2.05, 4.69) is 19.2 Å². The highest BCUT2D eigenvalue weighted by Gasteiger charge is 2.26. The van der Waals surface area contributed by atoms with Gasteiger partial charge < -0.3 is 14.6 Å². The van der Waals surface area contributed by atoms with Crippen LogP contribution in [-0.2, 0) is 29.2 Å². The lowest BCUT2D eigenvalue weighted by Gasteiger charge is -2.35. The summed E-state index contributed by atoms with van der Waals surface area (Å²) in [6, 6.07) is 10.4. The van der Waals surface area contributed by atoms with Gasteiger partial charge >= 0.3 is 5.69 Å². The average Bonchev–Trinajstić information content (AvgIpc) is 3.35. The lowest BCUT2D eigenvalue weighted by molar-refractivity contribution is -0.134. The molecule has 4 rings (SSSR count). The Kier molecular flexibility index (Phi) is 7.53. The molecule has 1 aliphatic heterocycles. The second-order valence-corrected chi connectivity index (χ2v) is 9.55. The van der Waals surface area contributed by atoms with Crippen LogP contribution in [0.15, 0.2) is 56.7 Å². The summed E-state index contributed by atoms with van der Waals surface area (Å²) in [7, 11) is 0. The van der Waals surface area contributed by atoms with Gasteiger partial charge in [-0.15, -0.1) is 0 Å². The lowest BCUT2D eigenvalue weighted by atomic mass is 9.92. The second kappa shape index (κ2) is 10.8. The summed E-state index contributed by atoms with van der Waals surface area (Å²) < 4.78 is 7.72. The third-order valence-electron chi connectivity index (χ3n) is 6.47. The number of aromatic nitrogens is 2. The van der Waals surface area contributed by atoms with Crippen molar-refractivity contribution >= 4 is 22.7 Å². The summed E-state index contributed by atoms with van der Waals surface area (Å²) in [6.07, 6.45) is 3.08. The van der Waals surface area contributed by atoms with Gasteiger partial charge in [-0.2, -0.15) is 0 Å². The van der Waals surface area contributed by atoms with Gasteiger partial charge in [0, 0.05) is 26.1 Å². The molecule has 0 radical (unpaired) electrons. The molecule has 9 heteroatoms. The molecule has 1 aromatic carbocycles. The number of para-hydroxylation sites is 1. The van der Waals surface area contributed by atoms with Crippen molar-refractivity contribution in [1.82, 2.24) is 19.4 Å². The molecule has 3 aromatic rings. The van der Waals surface area contributed by atoms with Crippen LogP contribution in [0.1, 0.15) is 38.9 Å². The van der Waals surface area contributed by atoms with Crippen LogP contribution in [0.5, 0.6) is 0 Å². The molecule has 1 N–H and O–H groups in total. The first-order valence-electron chi connectivity index (χ1n) is 12.1. The van der Waals surface area contributed by atoms with Gasteiger partial charge in [0.2, 0.25) is 11.8 Å². The molecule has 9 nitrogen and oxygen atoms in total. The molecule has 0 spiro atoms. The molecule has 1 saturated heterocycles. The van der Waals surface area contributed by atoms with Gasteiger partial charge in [0.25, 0.3) is 5.56 Å². The number of piperidine rings is 1. The van der Waals surface area contributed by atoms with E-state index in [1.54, 1.807) is 36.4 Å². The first-order valence-corrected chi connectivity index (χ1v) is 12.1. The van der Waals surface area contributed by atoms with E-state index in [9.17, 15) is 19.2 Å². The number of nitrogens with one attached hydrogen (secondary N) is 1. The smallest absolute Gasteiger partial charge is 0.331 e. The second-order valence-electron chi connectivity index (χ2n) is 9.55. The van der Waals surface area contributed by atoms with Crippen molar-refractivity contribution in [2.24, 2.45) is 11.8 Å². The van der Waals surface area contributed by atoms with Crippen LogP contribution < -0.4 is 16.6 Å². The highest BCUT2D eigenvalue weighted by molar-refractivity contribution is 5.81. The Hall–Kier alpha value is -3.62. The summed E-state index contributed by atoms with van der Waals surface area (Å²) in [4.78, 5) is 53.6. The van der Waals surface area contributed by atoms with Gasteiger partial charge in [0.05, 0.1) is 23.7 Å². The fourth-order valence-corrected chi connectivity index (χ4v) is 4.91. The number of amides is 2. The first-order chi connectivity index (χ1) is 16.8. The number of carbonyl (C=O) groups excluding carboxylic acids is 2. The zero-order valence-electron chi connectivity index (χ0n) is 20.2. The van der Waals surface area contributed by atoms with Crippen LogP contribution in [-0.4, -0.2) is 38.9 Å². The maximum atomic E-state index is 13.3. The van der Waals surface area contributed by atoms with Crippen LogP contribution in [0.2, 0.25) is 0 Å². The summed E-state index contributed by atoms with van der Waals surface area (Å²) >= 11 is 0. The van der Waals surface area contributed by atoms with Crippen molar-refractivity contribution in [2.75, 3.05) is 13.1 Å². The third kappa shape index (κ3) is 5.72. The Labute approximate surface area is 203 Å². The molecule has 0 aliphatic carbocycles. The van der Waals surface area contributed by atoms with Crippen molar-refractivity contribution < 1.29 is 14.0 Å². The number of rotatable bonds is 8. The molecule has 2 atom stereocenters. The van der Waals surface area contributed by atoms with Gasteiger partial charge in [0.1, 0.15) is 12.3 Å². The van der Waals surface area contributed by atoms with E-state index in [-0.39, 0.29) is 37.9 Å². The van der Waals surface area contributed by atoms with Crippen molar-refractivity contribution in [1.29, 1.82) is 0 Å². The summed E-state index contributed by atoms with van der Waals surface area (Å²) in [5.41, 5.74) is -0.497. The maximum absolute atomic E-state index is 13.3. The summed E-state index contributed by atoms with van der Waals surface area (Å²) in [5.74, 6) is 1.14. The minimum absolute atomic E-state index is 0.0860. The Morgan fingerprint density at radius 1 is 1.03 bits per heavy atom. The van der Waals surface area contributed by atoms with Crippen LogP contribution in [0.3, 0.4) is 0 Å². The van der Waals surface area contributed by atoms with Gasteiger partial charge in [0.15, 0.2) is 0 Å². The van der Waals surface area contributed by atoms with Gasteiger partial charge in [-0.3, -0.25) is 23.5 Å². The van der Waals surface area contributed by atoms with Gasteiger partial charge in [-0.1, -0.05) is 26.0 Å². The largest absolute Gasteiger partial charge is 0.467 e. The van der Waals surface area contributed by atoms with Crippen molar-refractivity contribution in [2.45, 2.75) is 52.7 Å². The number of likely N-dealkylation sites (tertiary alicyclic amines) is 1. The molecule has 3 heterocycles. The van der Waals surface area contributed by atoms with E-state index in [0.29, 0.717) is 48.0 Å². The van der Waals surface area contributed by atoms with E-state index >= 15 is 0 Å². The van der Waals surface area contributed by atoms with E-state index in [4.69, 9.17) is 4.42 Å². The van der Waals surface area contributed by atoms with Crippen LogP contribution in [0.25, 0.3) is 10.9 Å². The molecule has 0 bridgehead atoms. The lowest BCUT2D eigenvalue weighted by Crippen LogP contribution is -2.47. The third-order valence-corrected chi connectivity index (χ3v) is 6.47. The molecule has 1 aliphatic rings. The van der Waals surface area contributed by atoms with Crippen LogP contribution >= 0.6 is 0 Å². The zero-order valence-corrected chi connectivity index (χ0v) is 20.2. The van der Waals surface area contributed by atoms with E-state index < -0.39 is 11.2 Å². The number of fused-ring (bicyclic) bond motifs is 1. The molecule has 35 heavy (non-hydrogen) atoms. The molecule has 2 aromatic heterocycles. The number of hydrogen-bond donors (Lipinski definition) is 1. The van der Waals surface area contributed by atoms with Crippen molar-refractivity contribution in [3.63, 3.8) is 0 Å². The normalized spacial score (nSPS) is 18.1. The molecule has 186 valence electrons. The number of benzene rings is 1. The minimum atomic E-state index is -0.531.